The van der Waals surface area contributed by atoms with Gasteiger partial charge in [-0.05, 0) is 50.2 Å². The van der Waals surface area contributed by atoms with E-state index in [4.69, 9.17) is 4.98 Å². The number of fused-ring (bicyclic) bond motifs is 1. The highest BCUT2D eigenvalue weighted by molar-refractivity contribution is 5.77. The summed E-state index contributed by atoms with van der Waals surface area (Å²) < 4.78 is 2.30. The fraction of sp³-hybridized carbons (Fsp3) is 0.312. The predicted octanol–water partition coefficient (Wildman–Crippen LogP) is 2.42. The van der Waals surface area contributed by atoms with E-state index in [9.17, 15) is 0 Å². The molecule has 3 aromatic heterocycles. The molecular formula is C16H17N5. The Hall–Kier alpha value is -2.27. The maximum atomic E-state index is 4.80. The Labute approximate surface area is 123 Å². The zero-order chi connectivity index (χ0) is 14.1. The molecule has 0 bridgehead atoms. The minimum atomic E-state index is 0.446. The van der Waals surface area contributed by atoms with E-state index in [0.717, 1.165) is 48.5 Å². The molecule has 0 aliphatic carbocycles. The number of nitrogens with one attached hydrogen (secondary N) is 1. The molecule has 21 heavy (non-hydrogen) atoms. The molecule has 0 aromatic carbocycles. The van der Waals surface area contributed by atoms with Gasteiger partial charge in [-0.25, -0.2) is 9.97 Å². The van der Waals surface area contributed by atoms with Crippen LogP contribution in [0.1, 0.15) is 18.9 Å². The molecule has 5 nitrogen and oxygen atoms in total. The highest BCUT2D eigenvalue weighted by Crippen LogP contribution is 2.30. The van der Waals surface area contributed by atoms with Crippen LogP contribution in [0.15, 0.2) is 42.9 Å². The third-order valence-corrected chi connectivity index (χ3v) is 4.04. The van der Waals surface area contributed by atoms with Gasteiger partial charge in [0.25, 0.3) is 0 Å². The molecule has 106 valence electrons. The molecule has 4 rings (SSSR count). The van der Waals surface area contributed by atoms with Gasteiger partial charge in [0.15, 0.2) is 5.65 Å². The lowest BCUT2D eigenvalue weighted by molar-refractivity contribution is 0.376. The van der Waals surface area contributed by atoms with Crippen molar-refractivity contribution in [3.8, 4) is 11.4 Å². The number of hydrogen-bond donors (Lipinski definition) is 1. The SMILES string of the molecule is c1cncc(-c2nc3cccnc3n2C2CCNCC2)c1. The summed E-state index contributed by atoms with van der Waals surface area (Å²) in [6, 6.07) is 8.43. The van der Waals surface area contributed by atoms with E-state index in [-0.39, 0.29) is 0 Å². The Morgan fingerprint density at radius 2 is 1.95 bits per heavy atom. The van der Waals surface area contributed by atoms with Crippen molar-refractivity contribution >= 4 is 11.2 Å². The Bertz CT molecular complexity index is 744. The number of rotatable bonds is 2. The minimum Gasteiger partial charge on any atom is -0.317 e. The van der Waals surface area contributed by atoms with Gasteiger partial charge >= 0.3 is 0 Å². The fourth-order valence-electron chi connectivity index (χ4n) is 3.04. The molecule has 1 aliphatic rings. The summed E-state index contributed by atoms with van der Waals surface area (Å²) in [5, 5.41) is 3.42. The zero-order valence-corrected chi connectivity index (χ0v) is 11.7. The number of pyridine rings is 2. The van der Waals surface area contributed by atoms with Crippen LogP contribution < -0.4 is 5.32 Å². The zero-order valence-electron chi connectivity index (χ0n) is 11.7. The van der Waals surface area contributed by atoms with Crippen molar-refractivity contribution in [1.82, 2.24) is 24.8 Å². The average molecular weight is 279 g/mol. The van der Waals surface area contributed by atoms with Crippen LogP contribution in [0.5, 0.6) is 0 Å². The highest BCUT2D eigenvalue weighted by atomic mass is 15.2. The normalized spacial score (nSPS) is 16.4. The Morgan fingerprint density at radius 3 is 2.76 bits per heavy atom. The van der Waals surface area contributed by atoms with E-state index in [0.29, 0.717) is 6.04 Å². The highest BCUT2D eigenvalue weighted by Gasteiger charge is 2.22. The lowest BCUT2D eigenvalue weighted by Gasteiger charge is -2.25. The van der Waals surface area contributed by atoms with Crippen LogP contribution >= 0.6 is 0 Å². The molecule has 0 amide bonds. The monoisotopic (exact) mass is 279 g/mol. The molecule has 3 aromatic rings. The van der Waals surface area contributed by atoms with Crippen LogP contribution in [0, 0.1) is 0 Å². The summed E-state index contributed by atoms with van der Waals surface area (Å²) in [4.78, 5) is 13.6. The molecule has 1 fully saturated rings. The molecule has 5 heteroatoms. The third-order valence-electron chi connectivity index (χ3n) is 4.04. The fourth-order valence-corrected chi connectivity index (χ4v) is 3.04. The molecule has 1 aliphatic heterocycles. The summed E-state index contributed by atoms with van der Waals surface area (Å²) >= 11 is 0. The van der Waals surface area contributed by atoms with Gasteiger partial charge in [0, 0.05) is 30.2 Å². The number of piperidine rings is 1. The van der Waals surface area contributed by atoms with Gasteiger partial charge in [0.05, 0.1) is 0 Å². The molecule has 0 radical (unpaired) electrons. The van der Waals surface area contributed by atoms with E-state index < -0.39 is 0 Å². The molecule has 0 saturated carbocycles. The first-order valence-electron chi connectivity index (χ1n) is 7.37. The first-order chi connectivity index (χ1) is 10.4. The van der Waals surface area contributed by atoms with Crippen molar-refractivity contribution in [3.05, 3.63) is 42.9 Å². The van der Waals surface area contributed by atoms with Crippen molar-refractivity contribution in [2.24, 2.45) is 0 Å². The Balaban J connectivity index is 1.92. The van der Waals surface area contributed by atoms with Crippen molar-refractivity contribution in [1.29, 1.82) is 0 Å². The molecule has 0 unspecified atom stereocenters. The standard InChI is InChI=1S/C16H17N5/c1-3-12(11-18-7-1)15-20-14-4-2-8-19-16(14)21(15)13-5-9-17-10-6-13/h1-4,7-8,11,13,17H,5-6,9-10H2. The molecular weight excluding hydrogens is 262 g/mol. The van der Waals surface area contributed by atoms with Gasteiger partial charge in [-0.15, -0.1) is 0 Å². The first kappa shape index (κ1) is 12.5. The van der Waals surface area contributed by atoms with Crippen LogP contribution in [-0.4, -0.2) is 32.6 Å². The number of imidazole rings is 1. The first-order valence-corrected chi connectivity index (χ1v) is 7.37. The summed E-state index contributed by atoms with van der Waals surface area (Å²) in [7, 11) is 0. The molecule has 1 saturated heterocycles. The minimum absolute atomic E-state index is 0.446. The summed E-state index contributed by atoms with van der Waals surface area (Å²) in [5.41, 5.74) is 2.98. The largest absolute Gasteiger partial charge is 0.317 e. The van der Waals surface area contributed by atoms with Crippen LogP contribution in [0.4, 0.5) is 0 Å². The Morgan fingerprint density at radius 1 is 1.10 bits per heavy atom. The predicted molar refractivity (Wildman–Crippen MR) is 81.9 cm³/mol. The molecule has 0 atom stereocenters. The average Bonchev–Trinajstić information content (AvgIpc) is 2.96. The molecule has 4 heterocycles. The van der Waals surface area contributed by atoms with E-state index in [1.165, 1.54) is 0 Å². The van der Waals surface area contributed by atoms with E-state index in [1.807, 2.05) is 30.6 Å². The van der Waals surface area contributed by atoms with Gasteiger partial charge in [0.1, 0.15) is 11.3 Å². The second-order valence-corrected chi connectivity index (χ2v) is 5.37. The number of hydrogen-bond acceptors (Lipinski definition) is 4. The van der Waals surface area contributed by atoms with E-state index >= 15 is 0 Å². The third kappa shape index (κ3) is 2.19. The molecule has 0 spiro atoms. The maximum Gasteiger partial charge on any atom is 0.160 e. The lowest BCUT2D eigenvalue weighted by atomic mass is 10.1. The van der Waals surface area contributed by atoms with Crippen molar-refractivity contribution in [2.45, 2.75) is 18.9 Å². The lowest BCUT2D eigenvalue weighted by Crippen LogP contribution is -2.29. The number of aromatic nitrogens is 4. The second kappa shape index (κ2) is 5.26. The van der Waals surface area contributed by atoms with Crippen LogP contribution in [0.2, 0.25) is 0 Å². The summed E-state index contributed by atoms with van der Waals surface area (Å²) in [5.74, 6) is 0.976. The second-order valence-electron chi connectivity index (χ2n) is 5.37. The van der Waals surface area contributed by atoms with E-state index in [2.05, 4.69) is 25.9 Å². The summed E-state index contributed by atoms with van der Waals surface area (Å²) in [6.45, 7) is 2.09. The van der Waals surface area contributed by atoms with Crippen molar-refractivity contribution < 1.29 is 0 Å². The van der Waals surface area contributed by atoms with E-state index in [1.54, 1.807) is 6.20 Å². The van der Waals surface area contributed by atoms with Gasteiger partial charge < -0.3 is 9.88 Å². The Kier molecular flexibility index (Phi) is 3.12. The van der Waals surface area contributed by atoms with Crippen molar-refractivity contribution in [3.63, 3.8) is 0 Å². The maximum absolute atomic E-state index is 4.80. The number of nitrogens with zero attached hydrogens (tertiary/aromatic N) is 4. The quantitative estimate of drug-likeness (QED) is 0.782. The van der Waals surface area contributed by atoms with Crippen LogP contribution in [0.3, 0.4) is 0 Å². The summed E-state index contributed by atoms with van der Waals surface area (Å²) in [6.07, 6.45) is 7.72. The topological polar surface area (TPSA) is 55.6 Å². The smallest absolute Gasteiger partial charge is 0.160 e. The van der Waals surface area contributed by atoms with Gasteiger partial charge in [-0.1, -0.05) is 0 Å². The van der Waals surface area contributed by atoms with Crippen LogP contribution in [-0.2, 0) is 0 Å². The molecule has 1 N–H and O–H groups in total. The van der Waals surface area contributed by atoms with Gasteiger partial charge in [0.2, 0.25) is 0 Å². The van der Waals surface area contributed by atoms with Gasteiger partial charge in [-0.2, -0.15) is 0 Å². The van der Waals surface area contributed by atoms with Crippen LogP contribution in [0.25, 0.3) is 22.6 Å². The van der Waals surface area contributed by atoms with Gasteiger partial charge in [-0.3, -0.25) is 4.98 Å². The van der Waals surface area contributed by atoms with Crippen molar-refractivity contribution in [2.75, 3.05) is 13.1 Å².